The Morgan fingerprint density at radius 3 is 2.29 bits per heavy atom. The van der Waals surface area contributed by atoms with Crippen molar-refractivity contribution < 1.29 is 39.2 Å². The van der Waals surface area contributed by atoms with Crippen molar-refractivity contribution in [2.75, 3.05) is 6.54 Å². The first-order valence-corrected chi connectivity index (χ1v) is 7.40. The van der Waals surface area contributed by atoms with Crippen LogP contribution < -0.4 is 12.4 Å². The van der Waals surface area contributed by atoms with E-state index in [0.717, 1.165) is 30.9 Å². The molecule has 0 bridgehead atoms. The molecule has 2 heterocycles. The van der Waals surface area contributed by atoms with Crippen LogP contribution in [0.3, 0.4) is 0 Å². The molecule has 0 aliphatic carbocycles. The Labute approximate surface area is 164 Å². The molecule has 24 heavy (non-hydrogen) atoms. The van der Waals surface area contributed by atoms with Gasteiger partial charge in [-0.1, -0.05) is 12.1 Å². The summed E-state index contributed by atoms with van der Waals surface area (Å²) >= 11 is 0. The number of benzene rings is 1. The number of hydrogen-bond donors (Lipinski definition) is 0. The average molecular weight is 443 g/mol. The summed E-state index contributed by atoms with van der Waals surface area (Å²) in [5, 5.41) is 4.47. The van der Waals surface area contributed by atoms with Gasteiger partial charge in [0.2, 0.25) is 0 Å². The predicted octanol–water partition coefficient (Wildman–Crippen LogP) is 0.0488. The fourth-order valence-electron chi connectivity index (χ4n) is 2.58. The van der Waals surface area contributed by atoms with Gasteiger partial charge in [-0.15, -0.1) is 0 Å². The summed E-state index contributed by atoms with van der Waals surface area (Å²) in [7, 11) is 0. The van der Waals surface area contributed by atoms with Crippen molar-refractivity contribution in [1.82, 2.24) is 19.6 Å². The van der Waals surface area contributed by atoms with Crippen molar-refractivity contribution in [2.24, 2.45) is 0 Å². The molecule has 7 heteroatoms. The Morgan fingerprint density at radius 1 is 1.00 bits per heavy atom. The van der Waals surface area contributed by atoms with E-state index in [2.05, 4.69) is 40.8 Å². The van der Waals surface area contributed by atoms with Gasteiger partial charge in [0.1, 0.15) is 12.5 Å². The zero-order valence-corrected chi connectivity index (χ0v) is 15.8. The topological polar surface area (TPSA) is 24.3 Å². The molecule has 1 aromatic heterocycles. The summed E-state index contributed by atoms with van der Waals surface area (Å²) < 4.78 is 14.9. The van der Waals surface area contributed by atoms with E-state index in [4.69, 9.17) is 0 Å². The molecule has 1 aliphatic rings. The fraction of sp³-hybridized carbons (Fsp3) is 0.294. The molecule has 2 aromatic rings. The molecule has 0 N–H and O–H groups in total. The number of rotatable bonds is 5. The monoisotopic (exact) mass is 441 g/mol. The molecule has 3 rings (SSSR count). The van der Waals surface area contributed by atoms with Gasteiger partial charge in [-0.25, -0.2) is 4.39 Å². The average Bonchev–Trinajstić information content (AvgIpc) is 3.05. The second-order valence-electron chi connectivity index (χ2n) is 5.60. The van der Waals surface area contributed by atoms with Gasteiger partial charge in [0.05, 0.1) is 12.2 Å². The summed E-state index contributed by atoms with van der Waals surface area (Å²) in [6.07, 6.45) is 4.08. The molecular weight excluding hydrogens is 423 g/mol. The molecule has 0 saturated carbocycles. The summed E-state index contributed by atoms with van der Waals surface area (Å²) in [6, 6.07) is 8.71. The van der Waals surface area contributed by atoms with Gasteiger partial charge in [-0.2, -0.15) is 5.10 Å². The summed E-state index contributed by atoms with van der Waals surface area (Å²) in [5.41, 5.74) is 3.32. The van der Waals surface area contributed by atoms with Crippen molar-refractivity contribution in [1.29, 1.82) is 0 Å². The molecule has 0 fully saturated rings. The van der Waals surface area contributed by atoms with Gasteiger partial charge in [0.25, 0.3) is 0 Å². The Morgan fingerprint density at radius 2 is 1.67 bits per heavy atom. The Bertz CT molecular complexity index is 672. The normalized spacial score (nSPS) is 13.0. The van der Waals surface area contributed by atoms with Crippen molar-refractivity contribution in [3.05, 3.63) is 72.2 Å². The predicted molar refractivity (Wildman–Crippen MR) is 83.8 cm³/mol. The minimum absolute atomic E-state index is 0. The van der Waals surface area contributed by atoms with Crippen LogP contribution in [0.2, 0.25) is 0 Å². The number of hydrogen-bond acceptors (Lipinski definition) is 3. The first-order chi connectivity index (χ1) is 10.6. The van der Waals surface area contributed by atoms with E-state index >= 15 is 0 Å². The van der Waals surface area contributed by atoms with E-state index in [1.54, 1.807) is 0 Å². The minimum Gasteiger partial charge on any atom is -1.00 e. The zero-order chi connectivity index (χ0) is 15.5. The molecule has 4 nitrogen and oxygen atoms in total. The second-order valence-corrected chi connectivity index (χ2v) is 5.60. The molecule has 1 aliphatic heterocycles. The summed E-state index contributed by atoms with van der Waals surface area (Å²) in [6.45, 7) is 8.62. The SMILES string of the molecule is Cc1cc(C)n(CCN2[CH]N(Cc3ccc(F)cc3)C=C2)n1.[Ag+].[Cl-]. The van der Waals surface area contributed by atoms with Crippen molar-refractivity contribution in [2.45, 2.75) is 26.9 Å². The van der Waals surface area contributed by atoms with Gasteiger partial charge in [0.15, 0.2) is 0 Å². The van der Waals surface area contributed by atoms with E-state index in [1.807, 2.05) is 29.9 Å². The largest absolute Gasteiger partial charge is 1.00 e. The van der Waals surface area contributed by atoms with Crippen molar-refractivity contribution in [3.8, 4) is 0 Å². The van der Waals surface area contributed by atoms with Gasteiger partial charge in [0, 0.05) is 31.2 Å². The molecule has 0 saturated heterocycles. The maximum absolute atomic E-state index is 12.9. The number of nitrogens with zero attached hydrogens (tertiary/aromatic N) is 4. The summed E-state index contributed by atoms with van der Waals surface area (Å²) in [4.78, 5) is 4.23. The van der Waals surface area contributed by atoms with Crippen LogP contribution in [-0.4, -0.2) is 26.1 Å². The molecule has 1 aromatic carbocycles. The van der Waals surface area contributed by atoms with E-state index in [1.165, 1.54) is 17.8 Å². The van der Waals surface area contributed by atoms with Crippen molar-refractivity contribution in [3.63, 3.8) is 0 Å². The maximum Gasteiger partial charge on any atom is 1.00 e. The molecule has 0 amide bonds. The summed E-state index contributed by atoms with van der Waals surface area (Å²) in [5.74, 6) is -0.198. The van der Waals surface area contributed by atoms with Crippen LogP contribution in [0.25, 0.3) is 0 Å². The van der Waals surface area contributed by atoms with Crippen molar-refractivity contribution >= 4 is 0 Å². The standard InChI is InChI=1S/C17H20FN4.Ag.ClH/c1-14-11-15(2)22(19-14)10-9-20-7-8-21(13-20)12-16-3-5-17(18)6-4-16;;/h3-8,11,13H,9-10,12H2,1-2H3;;1H/q;+1;/p-1. The number of aromatic nitrogens is 2. The quantitative estimate of drug-likeness (QED) is 0.612. The fourth-order valence-corrected chi connectivity index (χ4v) is 2.58. The smallest absolute Gasteiger partial charge is 1.00 e. The van der Waals surface area contributed by atoms with E-state index in [0.29, 0.717) is 0 Å². The minimum atomic E-state index is -0.198. The first-order valence-electron chi connectivity index (χ1n) is 7.40. The Hall–Kier alpha value is -1.27. The van der Waals surface area contributed by atoms with E-state index in [-0.39, 0.29) is 40.6 Å². The Kier molecular flexibility index (Phi) is 8.03. The molecule has 1 radical (unpaired) electrons. The number of halogens is 2. The second kappa shape index (κ2) is 9.28. The third kappa shape index (κ3) is 5.38. The van der Waals surface area contributed by atoms with Crippen LogP contribution in [0.1, 0.15) is 17.0 Å². The molecule has 0 atom stereocenters. The first kappa shape index (κ1) is 20.8. The third-order valence-corrected chi connectivity index (χ3v) is 3.70. The van der Waals surface area contributed by atoms with Crippen LogP contribution in [0.4, 0.5) is 4.39 Å². The van der Waals surface area contributed by atoms with Gasteiger partial charge >= 0.3 is 22.4 Å². The van der Waals surface area contributed by atoms with Crippen LogP contribution in [0.15, 0.2) is 42.7 Å². The number of aryl methyl sites for hydroxylation is 2. The van der Waals surface area contributed by atoms with Gasteiger partial charge < -0.3 is 22.2 Å². The van der Waals surface area contributed by atoms with Gasteiger partial charge in [-0.05, 0) is 37.6 Å². The van der Waals surface area contributed by atoms with Gasteiger partial charge in [-0.3, -0.25) is 4.68 Å². The zero-order valence-electron chi connectivity index (χ0n) is 13.6. The molecule has 0 unspecified atom stereocenters. The maximum atomic E-state index is 12.9. The molecule has 133 valence electrons. The van der Waals surface area contributed by atoms with Crippen LogP contribution in [-0.2, 0) is 35.5 Å². The van der Waals surface area contributed by atoms with E-state index in [9.17, 15) is 4.39 Å². The molecular formula is C17H20AgClFN4. The third-order valence-electron chi connectivity index (χ3n) is 3.70. The van der Waals surface area contributed by atoms with Crippen LogP contribution >= 0.6 is 0 Å². The van der Waals surface area contributed by atoms with Crippen LogP contribution in [0, 0.1) is 26.3 Å². The Balaban J connectivity index is 0.00000144. The van der Waals surface area contributed by atoms with E-state index < -0.39 is 0 Å². The molecule has 0 spiro atoms. The van der Waals surface area contributed by atoms with Crippen LogP contribution in [0.5, 0.6) is 0 Å².